The molecule has 8 heteroatoms. The van der Waals surface area contributed by atoms with Crippen molar-refractivity contribution in [3.05, 3.63) is 81.8 Å². The predicted molar refractivity (Wildman–Crippen MR) is 138 cm³/mol. The summed E-state index contributed by atoms with van der Waals surface area (Å²) in [5.74, 6) is -0.164. The second kappa shape index (κ2) is 10.6. The summed E-state index contributed by atoms with van der Waals surface area (Å²) in [6.07, 6.45) is 0. The van der Waals surface area contributed by atoms with Crippen molar-refractivity contribution in [2.24, 2.45) is 0 Å². The molecule has 4 nitrogen and oxygen atoms in total. The SMILES string of the molecule is C[C@@H](NC(=S)Nc1cccc(Cl)c1)[C@@H](c1cccs1)N1CCN(c2ccccc2F)CC1. The Kier molecular flexibility index (Phi) is 7.63. The highest BCUT2D eigenvalue weighted by atomic mass is 35.5. The molecule has 2 heterocycles. The lowest BCUT2D eigenvalue weighted by atomic mass is 10.0. The van der Waals surface area contributed by atoms with Crippen molar-refractivity contribution in [3.8, 4) is 0 Å². The third kappa shape index (κ3) is 5.59. The number of rotatable bonds is 6. The van der Waals surface area contributed by atoms with Gasteiger partial charge in [0.15, 0.2) is 5.11 Å². The minimum atomic E-state index is -0.164. The number of piperazine rings is 1. The van der Waals surface area contributed by atoms with Gasteiger partial charge < -0.3 is 15.5 Å². The molecule has 32 heavy (non-hydrogen) atoms. The van der Waals surface area contributed by atoms with Crippen LogP contribution in [0.2, 0.25) is 5.02 Å². The highest BCUT2D eigenvalue weighted by molar-refractivity contribution is 7.80. The summed E-state index contributed by atoms with van der Waals surface area (Å²) in [6.45, 7) is 5.40. The molecule has 4 rings (SSSR count). The Morgan fingerprint density at radius 1 is 1.06 bits per heavy atom. The summed E-state index contributed by atoms with van der Waals surface area (Å²) in [7, 11) is 0. The fourth-order valence-electron chi connectivity index (χ4n) is 4.17. The average molecular weight is 489 g/mol. The van der Waals surface area contributed by atoms with Crippen LogP contribution < -0.4 is 15.5 Å². The van der Waals surface area contributed by atoms with Crippen LogP contribution >= 0.6 is 35.2 Å². The molecule has 0 saturated carbocycles. The molecule has 3 aromatic rings. The summed E-state index contributed by atoms with van der Waals surface area (Å²) in [6, 6.07) is 19.0. The Balaban J connectivity index is 1.43. The molecule has 1 saturated heterocycles. The molecule has 168 valence electrons. The average Bonchev–Trinajstić information content (AvgIpc) is 3.29. The smallest absolute Gasteiger partial charge is 0.171 e. The number of hydrogen-bond acceptors (Lipinski definition) is 4. The molecular weight excluding hydrogens is 463 g/mol. The van der Waals surface area contributed by atoms with E-state index in [2.05, 4.69) is 44.9 Å². The molecule has 1 aliphatic heterocycles. The van der Waals surface area contributed by atoms with Gasteiger partial charge in [0.25, 0.3) is 0 Å². The van der Waals surface area contributed by atoms with Gasteiger partial charge in [-0.05, 0) is 60.9 Å². The summed E-state index contributed by atoms with van der Waals surface area (Å²) >= 11 is 13.4. The van der Waals surface area contributed by atoms with E-state index in [1.807, 2.05) is 36.4 Å². The van der Waals surface area contributed by atoms with E-state index >= 15 is 0 Å². The number of benzene rings is 2. The molecule has 0 amide bonds. The van der Waals surface area contributed by atoms with Gasteiger partial charge >= 0.3 is 0 Å². The number of hydrogen-bond donors (Lipinski definition) is 2. The lowest BCUT2D eigenvalue weighted by Crippen LogP contribution is -2.52. The quantitative estimate of drug-likeness (QED) is 0.429. The molecule has 0 unspecified atom stereocenters. The first-order valence-corrected chi connectivity index (χ1v) is 12.3. The lowest BCUT2D eigenvalue weighted by molar-refractivity contribution is 0.163. The maximum absolute atomic E-state index is 14.2. The Labute approximate surface area is 203 Å². The zero-order valence-corrected chi connectivity index (χ0v) is 20.2. The summed E-state index contributed by atoms with van der Waals surface area (Å²) in [5, 5.41) is 10.0. The molecule has 1 aromatic heterocycles. The minimum Gasteiger partial charge on any atom is -0.367 e. The van der Waals surface area contributed by atoms with E-state index in [0.717, 1.165) is 31.9 Å². The Morgan fingerprint density at radius 2 is 1.84 bits per heavy atom. The number of para-hydroxylation sites is 1. The normalized spacial score (nSPS) is 16.4. The molecular formula is C24H26ClFN4S2. The first-order chi connectivity index (χ1) is 15.5. The molecule has 2 N–H and O–H groups in total. The monoisotopic (exact) mass is 488 g/mol. The Hall–Kier alpha value is -2.19. The number of nitrogens with one attached hydrogen (secondary N) is 2. The number of thiocarbonyl (C=S) groups is 1. The minimum absolute atomic E-state index is 0.0767. The molecule has 2 aromatic carbocycles. The number of halogens is 2. The van der Waals surface area contributed by atoms with Crippen molar-refractivity contribution in [3.63, 3.8) is 0 Å². The first-order valence-electron chi connectivity index (χ1n) is 10.6. The molecule has 1 fully saturated rings. The van der Waals surface area contributed by atoms with Crippen LogP contribution in [0.4, 0.5) is 15.8 Å². The lowest BCUT2D eigenvalue weighted by Gasteiger charge is -2.42. The predicted octanol–water partition coefficient (Wildman–Crippen LogP) is 5.78. The van der Waals surface area contributed by atoms with E-state index in [1.54, 1.807) is 17.4 Å². The van der Waals surface area contributed by atoms with E-state index < -0.39 is 0 Å². The van der Waals surface area contributed by atoms with Gasteiger partial charge in [0.1, 0.15) is 5.82 Å². The number of nitrogens with zero attached hydrogens (tertiary/aromatic N) is 2. The second-order valence-electron chi connectivity index (χ2n) is 7.83. The Bertz CT molecular complexity index is 1040. The largest absolute Gasteiger partial charge is 0.367 e. The third-order valence-corrected chi connectivity index (χ3v) is 7.05. The molecule has 0 aliphatic carbocycles. The molecule has 2 atom stereocenters. The zero-order valence-electron chi connectivity index (χ0n) is 17.8. The van der Waals surface area contributed by atoms with Crippen LogP contribution in [-0.4, -0.2) is 42.2 Å². The van der Waals surface area contributed by atoms with Gasteiger partial charge in [-0.3, -0.25) is 4.90 Å². The fourth-order valence-corrected chi connectivity index (χ4v) is 5.63. The zero-order chi connectivity index (χ0) is 22.5. The van der Waals surface area contributed by atoms with Crippen LogP contribution in [0.1, 0.15) is 17.8 Å². The van der Waals surface area contributed by atoms with E-state index in [1.165, 1.54) is 10.9 Å². The number of anilines is 2. The summed E-state index contributed by atoms with van der Waals surface area (Å²) in [5.41, 5.74) is 1.53. The van der Waals surface area contributed by atoms with Gasteiger partial charge in [-0.15, -0.1) is 11.3 Å². The van der Waals surface area contributed by atoms with Gasteiger partial charge in [0, 0.05) is 47.8 Å². The molecule has 0 radical (unpaired) electrons. The van der Waals surface area contributed by atoms with Gasteiger partial charge in [-0.25, -0.2) is 4.39 Å². The standard InChI is InChI=1S/C24H26ClFN4S2/c1-17(27-24(31)28-19-7-4-6-18(25)16-19)23(22-10-5-15-32-22)30-13-11-29(12-14-30)21-9-3-2-8-20(21)26/h2-10,15-17,23H,11-14H2,1H3,(H2,27,28,31)/t17-,23+/m1/s1. The van der Waals surface area contributed by atoms with Crippen LogP contribution in [0.5, 0.6) is 0 Å². The fraction of sp³-hybridized carbons (Fsp3) is 0.292. The third-order valence-electron chi connectivity index (χ3n) is 5.65. The molecule has 0 bridgehead atoms. The van der Waals surface area contributed by atoms with Crippen molar-refractivity contribution in [2.75, 3.05) is 36.4 Å². The van der Waals surface area contributed by atoms with Crippen LogP contribution in [0.3, 0.4) is 0 Å². The summed E-state index contributed by atoms with van der Waals surface area (Å²) < 4.78 is 14.2. The van der Waals surface area contributed by atoms with Gasteiger partial charge in [0.05, 0.1) is 11.7 Å². The van der Waals surface area contributed by atoms with Crippen LogP contribution in [0.25, 0.3) is 0 Å². The second-order valence-corrected chi connectivity index (χ2v) is 9.66. The molecule has 0 spiro atoms. The van der Waals surface area contributed by atoms with Gasteiger partial charge in [0.2, 0.25) is 0 Å². The van der Waals surface area contributed by atoms with Crippen LogP contribution in [0, 0.1) is 5.82 Å². The molecule has 1 aliphatic rings. The summed E-state index contributed by atoms with van der Waals surface area (Å²) in [4.78, 5) is 5.87. The van der Waals surface area contributed by atoms with Crippen molar-refractivity contribution >= 4 is 51.6 Å². The highest BCUT2D eigenvalue weighted by Crippen LogP contribution is 2.30. The maximum Gasteiger partial charge on any atom is 0.171 e. The van der Waals surface area contributed by atoms with Crippen molar-refractivity contribution in [1.82, 2.24) is 10.2 Å². The van der Waals surface area contributed by atoms with Crippen molar-refractivity contribution in [2.45, 2.75) is 19.0 Å². The van der Waals surface area contributed by atoms with E-state index in [4.69, 9.17) is 23.8 Å². The van der Waals surface area contributed by atoms with Crippen LogP contribution in [-0.2, 0) is 0 Å². The van der Waals surface area contributed by atoms with Crippen LogP contribution in [0.15, 0.2) is 66.0 Å². The first kappa shape index (κ1) is 23.0. The topological polar surface area (TPSA) is 30.5 Å². The van der Waals surface area contributed by atoms with E-state index in [0.29, 0.717) is 15.8 Å². The van der Waals surface area contributed by atoms with Gasteiger partial charge in [-0.1, -0.05) is 35.9 Å². The highest BCUT2D eigenvalue weighted by Gasteiger charge is 2.31. The number of thiophene rings is 1. The van der Waals surface area contributed by atoms with E-state index in [-0.39, 0.29) is 17.9 Å². The van der Waals surface area contributed by atoms with Crippen molar-refractivity contribution < 1.29 is 4.39 Å². The van der Waals surface area contributed by atoms with Gasteiger partial charge in [-0.2, -0.15) is 0 Å². The maximum atomic E-state index is 14.2. The van der Waals surface area contributed by atoms with Crippen molar-refractivity contribution in [1.29, 1.82) is 0 Å². The van der Waals surface area contributed by atoms with E-state index in [9.17, 15) is 4.39 Å². The Morgan fingerprint density at radius 3 is 2.53 bits per heavy atom.